The summed E-state index contributed by atoms with van der Waals surface area (Å²) in [6.07, 6.45) is 0.964. The van der Waals surface area contributed by atoms with E-state index in [0.717, 1.165) is 24.2 Å². The number of hydrogen-bond acceptors (Lipinski definition) is 3. The Bertz CT molecular complexity index is 442. The van der Waals surface area contributed by atoms with Crippen molar-refractivity contribution in [3.63, 3.8) is 0 Å². The Labute approximate surface area is 109 Å². The summed E-state index contributed by atoms with van der Waals surface area (Å²) in [7, 11) is 0. The van der Waals surface area contributed by atoms with Gasteiger partial charge in [-0.25, -0.2) is 9.78 Å². The highest BCUT2D eigenvalue weighted by atomic mass is 16.4. The minimum absolute atomic E-state index is 0.233. The molecule has 1 N–H and O–H groups in total. The number of aromatic nitrogens is 1. The number of carboxylic acid groups (broad SMARTS) is 1. The monoisotopic (exact) mass is 250 g/mol. The van der Waals surface area contributed by atoms with Crippen molar-refractivity contribution in [2.45, 2.75) is 47.1 Å². The fraction of sp³-hybridized carbons (Fsp3) is 0.571. The van der Waals surface area contributed by atoms with Gasteiger partial charge in [0.25, 0.3) is 0 Å². The maximum atomic E-state index is 11.4. The second-order valence-corrected chi connectivity index (χ2v) is 4.87. The van der Waals surface area contributed by atoms with Crippen LogP contribution in [0.5, 0.6) is 0 Å². The van der Waals surface area contributed by atoms with Crippen LogP contribution in [0.2, 0.25) is 0 Å². The largest absolute Gasteiger partial charge is 0.478 e. The molecule has 0 bridgehead atoms. The number of aromatic carboxylic acids is 1. The lowest BCUT2D eigenvalue weighted by molar-refractivity contribution is 0.0696. The smallest absolute Gasteiger partial charge is 0.339 e. The predicted molar refractivity (Wildman–Crippen MR) is 73.4 cm³/mol. The van der Waals surface area contributed by atoms with Crippen molar-refractivity contribution in [3.05, 3.63) is 22.9 Å². The van der Waals surface area contributed by atoms with Gasteiger partial charge < -0.3 is 10.0 Å². The fourth-order valence-corrected chi connectivity index (χ4v) is 2.14. The molecule has 100 valence electrons. The molecule has 0 unspecified atom stereocenters. The van der Waals surface area contributed by atoms with E-state index in [1.165, 1.54) is 0 Å². The zero-order valence-electron chi connectivity index (χ0n) is 11.8. The van der Waals surface area contributed by atoms with Gasteiger partial charge in [0.15, 0.2) is 0 Å². The van der Waals surface area contributed by atoms with Crippen LogP contribution in [0.3, 0.4) is 0 Å². The van der Waals surface area contributed by atoms with Crippen LogP contribution in [0.4, 0.5) is 5.82 Å². The number of carboxylic acids is 1. The van der Waals surface area contributed by atoms with Gasteiger partial charge in [-0.1, -0.05) is 6.92 Å². The second kappa shape index (κ2) is 5.85. The van der Waals surface area contributed by atoms with Crippen LogP contribution in [0.1, 0.15) is 48.8 Å². The molecule has 1 aromatic heterocycles. The zero-order valence-corrected chi connectivity index (χ0v) is 11.8. The molecule has 0 saturated carbocycles. The molecule has 0 aliphatic rings. The molecule has 1 heterocycles. The third-order valence-electron chi connectivity index (χ3n) is 2.90. The van der Waals surface area contributed by atoms with Crippen molar-refractivity contribution in [2.75, 3.05) is 11.4 Å². The molecule has 0 atom stereocenters. The Kier molecular flexibility index (Phi) is 4.70. The van der Waals surface area contributed by atoms with E-state index in [0.29, 0.717) is 11.4 Å². The van der Waals surface area contributed by atoms with E-state index in [2.05, 4.69) is 30.7 Å². The molecule has 0 aliphatic heterocycles. The molecule has 0 aliphatic carbocycles. The molecule has 0 fully saturated rings. The van der Waals surface area contributed by atoms with Crippen LogP contribution in [0.25, 0.3) is 0 Å². The van der Waals surface area contributed by atoms with Crippen LogP contribution in [0.15, 0.2) is 6.07 Å². The molecule has 4 heteroatoms. The highest BCUT2D eigenvalue weighted by Gasteiger charge is 2.21. The third kappa shape index (κ3) is 3.00. The summed E-state index contributed by atoms with van der Waals surface area (Å²) in [6, 6.07) is 2.05. The van der Waals surface area contributed by atoms with Gasteiger partial charge in [-0.2, -0.15) is 0 Å². The average Bonchev–Trinajstić information content (AvgIpc) is 2.23. The van der Waals surface area contributed by atoms with Crippen molar-refractivity contribution in [2.24, 2.45) is 0 Å². The lowest BCUT2D eigenvalue weighted by Gasteiger charge is -2.29. The molecular formula is C14H22N2O2. The summed E-state index contributed by atoms with van der Waals surface area (Å²) < 4.78 is 0. The van der Waals surface area contributed by atoms with E-state index >= 15 is 0 Å². The molecule has 0 aromatic carbocycles. The standard InChI is InChI=1S/C14H22N2O2/c1-6-7-16(9(2)3)13-12(14(17)18)10(4)8-11(5)15-13/h8-9H,6-7H2,1-5H3,(H,17,18). The molecule has 4 nitrogen and oxygen atoms in total. The summed E-state index contributed by atoms with van der Waals surface area (Å²) >= 11 is 0. The van der Waals surface area contributed by atoms with E-state index < -0.39 is 5.97 Å². The lowest BCUT2D eigenvalue weighted by atomic mass is 10.1. The van der Waals surface area contributed by atoms with Crippen LogP contribution in [0, 0.1) is 13.8 Å². The molecule has 18 heavy (non-hydrogen) atoms. The Hall–Kier alpha value is -1.58. The van der Waals surface area contributed by atoms with Gasteiger partial charge in [0.05, 0.1) is 0 Å². The second-order valence-electron chi connectivity index (χ2n) is 4.87. The predicted octanol–water partition coefficient (Wildman–Crippen LogP) is 3.02. The summed E-state index contributed by atoms with van der Waals surface area (Å²) in [4.78, 5) is 17.9. The van der Waals surface area contributed by atoms with Crippen LogP contribution in [-0.2, 0) is 0 Å². The van der Waals surface area contributed by atoms with Gasteiger partial charge in [0.2, 0.25) is 0 Å². The molecule has 0 amide bonds. The number of rotatable bonds is 5. The Morgan fingerprint density at radius 1 is 1.44 bits per heavy atom. The van der Waals surface area contributed by atoms with Gasteiger partial charge in [0, 0.05) is 18.3 Å². The molecule has 0 saturated heterocycles. The number of carbonyl (C=O) groups is 1. The molecule has 1 rings (SSSR count). The summed E-state index contributed by atoms with van der Waals surface area (Å²) in [6.45, 7) is 10.7. The first-order valence-corrected chi connectivity index (χ1v) is 6.36. The number of pyridine rings is 1. The van der Waals surface area contributed by atoms with Gasteiger partial charge in [-0.15, -0.1) is 0 Å². The number of aryl methyl sites for hydroxylation is 2. The van der Waals surface area contributed by atoms with E-state index in [1.54, 1.807) is 0 Å². The van der Waals surface area contributed by atoms with Crippen molar-refractivity contribution in [1.29, 1.82) is 0 Å². The highest BCUT2D eigenvalue weighted by Crippen LogP contribution is 2.24. The Morgan fingerprint density at radius 2 is 2.06 bits per heavy atom. The molecule has 0 radical (unpaired) electrons. The fourth-order valence-electron chi connectivity index (χ4n) is 2.14. The zero-order chi connectivity index (χ0) is 13.9. The quantitative estimate of drug-likeness (QED) is 0.872. The Morgan fingerprint density at radius 3 is 2.50 bits per heavy atom. The van der Waals surface area contributed by atoms with E-state index in [9.17, 15) is 9.90 Å². The van der Waals surface area contributed by atoms with Gasteiger partial charge >= 0.3 is 5.97 Å². The van der Waals surface area contributed by atoms with Crippen molar-refractivity contribution in [1.82, 2.24) is 4.98 Å². The van der Waals surface area contributed by atoms with Crippen molar-refractivity contribution < 1.29 is 9.90 Å². The van der Waals surface area contributed by atoms with Gasteiger partial charge in [-0.3, -0.25) is 0 Å². The van der Waals surface area contributed by atoms with Crippen molar-refractivity contribution >= 4 is 11.8 Å². The summed E-state index contributed by atoms with van der Waals surface area (Å²) in [5.41, 5.74) is 1.95. The van der Waals surface area contributed by atoms with Gasteiger partial charge in [-0.05, 0) is 45.7 Å². The molecule has 1 aromatic rings. The van der Waals surface area contributed by atoms with Crippen LogP contribution < -0.4 is 4.90 Å². The first kappa shape index (κ1) is 14.5. The molecule has 0 spiro atoms. The summed E-state index contributed by atoms with van der Waals surface area (Å²) in [5, 5.41) is 9.37. The maximum Gasteiger partial charge on any atom is 0.339 e. The normalized spacial score (nSPS) is 10.8. The van der Waals surface area contributed by atoms with E-state index in [1.807, 2.05) is 19.9 Å². The highest BCUT2D eigenvalue weighted by molar-refractivity contribution is 5.95. The topological polar surface area (TPSA) is 53.4 Å². The minimum Gasteiger partial charge on any atom is -0.478 e. The summed E-state index contributed by atoms with van der Waals surface area (Å²) in [5.74, 6) is -0.311. The van der Waals surface area contributed by atoms with Crippen LogP contribution in [-0.4, -0.2) is 28.6 Å². The number of hydrogen-bond donors (Lipinski definition) is 1. The van der Waals surface area contributed by atoms with E-state index in [4.69, 9.17) is 0 Å². The minimum atomic E-state index is -0.906. The SMILES string of the molecule is CCCN(c1nc(C)cc(C)c1C(=O)O)C(C)C. The lowest BCUT2D eigenvalue weighted by Crippen LogP contribution is -2.34. The van der Waals surface area contributed by atoms with Gasteiger partial charge in [0.1, 0.15) is 11.4 Å². The first-order valence-electron chi connectivity index (χ1n) is 6.36. The Balaban J connectivity index is 3.39. The third-order valence-corrected chi connectivity index (χ3v) is 2.90. The number of anilines is 1. The average molecular weight is 250 g/mol. The van der Waals surface area contributed by atoms with Crippen LogP contribution >= 0.6 is 0 Å². The maximum absolute atomic E-state index is 11.4. The van der Waals surface area contributed by atoms with E-state index in [-0.39, 0.29) is 6.04 Å². The van der Waals surface area contributed by atoms with Crippen molar-refractivity contribution in [3.8, 4) is 0 Å². The molecular weight excluding hydrogens is 228 g/mol. The first-order chi connectivity index (χ1) is 8.38. The number of nitrogens with zero attached hydrogens (tertiary/aromatic N) is 2.